The number of hydrogen-bond donors (Lipinski definition) is 2. The highest BCUT2D eigenvalue weighted by Gasteiger charge is 2.32. The van der Waals surface area contributed by atoms with Gasteiger partial charge in [0.25, 0.3) is 0 Å². The minimum absolute atomic E-state index is 0.215. The Morgan fingerprint density at radius 2 is 2.11 bits per heavy atom. The van der Waals surface area contributed by atoms with E-state index >= 15 is 0 Å². The van der Waals surface area contributed by atoms with Crippen molar-refractivity contribution < 1.29 is 23.1 Å². The number of hydrogen-bond acceptors (Lipinski definition) is 5. The van der Waals surface area contributed by atoms with Crippen LogP contribution >= 0.6 is 11.3 Å². The molecule has 0 aromatic carbocycles. The molecule has 2 aromatic heterocycles. The normalized spacial score (nSPS) is 23.2. The van der Waals surface area contributed by atoms with Crippen LogP contribution in [0.25, 0.3) is 10.2 Å². The summed E-state index contributed by atoms with van der Waals surface area (Å²) < 4.78 is 38.0. The van der Waals surface area contributed by atoms with E-state index in [1.165, 1.54) is 6.33 Å². The first-order valence-corrected chi connectivity index (χ1v) is 10.3. The lowest BCUT2D eigenvalue weighted by molar-refractivity contribution is -0.143. The van der Waals surface area contributed by atoms with E-state index in [9.17, 15) is 23.1 Å². The molecule has 3 atom stereocenters. The summed E-state index contributed by atoms with van der Waals surface area (Å²) in [7, 11) is 1.86. The molecule has 0 spiro atoms. The van der Waals surface area contributed by atoms with Crippen molar-refractivity contribution in [1.29, 1.82) is 0 Å². The predicted octanol–water partition coefficient (Wildman–Crippen LogP) is 4.21. The van der Waals surface area contributed by atoms with Crippen LogP contribution < -0.4 is 5.32 Å². The number of carboxylic acid groups (broad SMARTS) is 1. The predicted molar refractivity (Wildman–Crippen MR) is 101 cm³/mol. The van der Waals surface area contributed by atoms with Crippen molar-refractivity contribution in [2.24, 2.45) is 11.8 Å². The van der Waals surface area contributed by atoms with E-state index < -0.39 is 18.6 Å². The highest BCUT2D eigenvalue weighted by Crippen LogP contribution is 2.34. The second-order valence-corrected chi connectivity index (χ2v) is 8.65. The van der Waals surface area contributed by atoms with Gasteiger partial charge in [0, 0.05) is 16.3 Å². The Morgan fingerprint density at radius 1 is 1.32 bits per heavy atom. The lowest BCUT2D eigenvalue weighted by atomic mass is 9.76. The highest BCUT2D eigenvalue weighted by molar-refractivity contribution is 7.18. The number of nitrogens with one attached hydrogen (secondary N) is 1. The smallest absolute Gasteiger partial charge is 0.393 e. The molecule has 154 valence electrons. The third-order valence-corrected chi connectivity index (χ3v) is 6.47. The van der Waals surface area contributed by atoms with Gasteiger partial charge in [0.05, 0.1) is 18.0 Å². The zero-order valence-corrected chi connectivity index (χ0v) is 16.4. The van der Waals surface area contributed by atoms with Gasteiger partial charge in [-0.1, -0.05) is 0 Å². The quantitative estimate of drug-likeness (QED) is 0.709. The van der Waals surface area contributed by atoms with E-state index in [1.807, 2.05) is 7.05 Å². The van der Waals surface area contributed by atoms with Crippen molar-refractivity contribution in [3.8, 4) is 0 Å². The van der Waals surface area contributed by atoms with Crippen molar-refractivity contribution >= 4 is 27.5 Å². The summed E-state index contributed by atoms with van der Waals surface area (Å²) in [6, 6.07) is 1.77. The van der Waals surface area contributed by atoms with Crippen LogP contribution in [0.1, 0.15) is 42.7 Å². The van der Waals surface area contributed by atoms with E-state index in [2.05, 4.69) is 15.3 Å². The third kappa shape index (κ3) is 5.41. The number of fused-ring (bicyclic) bond motifs is 1. The number of rotatable bonds is 7. The Hall–Kier alpha value is -1.74. The number of carbonyl (C=O) groups is 1. The van der Waals surface area contributed by atoms with Gasteiger partial charge in [-0.3, -0.25) is 4.79 Å². The maximum absolute atomic E-state index is 12.7. The molecule has 2 heterocycles. The first-order valence-electron chi connectivity index (χ1n) is 9.44. The number of nitrogens with zero attached hydrogens (tertiary/aromatic N) is 2. The molecule has 1 saturated carbocycles. The fourth-order valence-electron chi connectivity index (χ4n) is 4.11. The van der Waals surface area contributed by atoms with Gasteiger partial charge in [-0.2, -0.15) is 13.2 Å². The summed E-state index contributed by atoms with van der Waals surface area (Å²) in [5, 5.41) is 13.2. The van der Waals surface area contributed by atoms with Crippen LogP contribution in [-0.4, -0.2) is 40.3 Å². The van der Waals surface area contributed by atoms with Gasteiger partial charge in [-0.25, -0.2) is 9.97 Å². The zero-order chi connectivity index (χ0) is 20.3. The van der Waals surface area contributed by atoms with Crippen molar-refractivity contribution in [3.63, 3.8) is 0 Å². The number of aryl methyl sites for hydroxylation is 1. The first-order chi connectivity index (χ1) is 13.2. The summed E-state index contributed by atoms with van der Waals surface area (Å²) in [5.74, 6) is -0.727. The number of aromatic nitrogens is 2. The van der Waals surface area contributed by atoms with Crippen LogP contribution in [-0.2, 0) is 17.6 Å². The zero-order valence-electron chi connectivity index (χ0n) is 15.6. The summed E-state index contributed by atoms with van der Waals surface area (Å²) in [4.78, 5) is 20.6. The summed E-state index contributed by atoms with van der Waals surface area (Å²) >= 11 is 1.06. The van der Waals surface area contributed by atoms with Crippen molar-refractivity contribution in [3.05, 3.63) is 23.0 Å². The van der Waals surface area contributed by atoms with Crippen LogP contribution in [0.15, 0.2) is 12.4 Å². The molecule has 28 heavy (non-hydrogen) atoms. The molecule has 5 nitrogen and oxygen atoms in total. The molecular formula is C19H24F3N3O2S. The first kappa shape index (κ1) is 21.0. The Kier molecular flexibility index (Phi) is 6.54. The van der Waals surface area contributed by atoms with Gasteiger partial charge < -0.3 is 10.4 Å². The molecule has 1 fully saturated rings. The average Bonchev–Trinajstić information content (AvgIpc) is 3.02. The van der Waals surface area contributed by atoms with Gasteiger partial charge >= 0.3 is 12.1 Å². The van der Waals surface area contributed by atoms with Crippen LogP contribution in [0.2, 0.25) is 0 Å². The molecule has 0 bridgehead atoms. The Labute approximate surface area is 165 Å². The molecule has 0 aliphatic heterocycles. The lowest BCUT2D eigenvalue weighted by Crippen LogP contribution is -2.38. The van der Waals surface area contributed by atoms with Crippen LogP contribution in [0.5, 0.6) is 0 Å². The van der Waals surface area contributed by atoms with Gasteiger partial charge in [-0.15, -0.1) is 11.3 Å². The summed E-state index contributed by atoms with van der Waals surface area (Å²) in [5.41, 5.74) is 0.769. The van der Waals surface area contributed by atoms with Crippen LogP contribution in [0.4, 0.5) is 13.2 Å². The maximum Gasteiger partial charge on any atom is 0.393 e. The fraction of sp³-hybridized carbons (Fsp3) is 0.632. The topological polar surface area (TPSA) is 75.1 Å². The molecule has 0 amide bonds. The van der Waals surface area contributed by atoms with E-state index in [4.69, 9.17) is 0 Å². The Balaban J connectivity index is 1.62. The van der Waals surface area contributed by atoms with E-state index in [0.717, 1.165) is 36.3 Å². The van der Waals surface area contributed by atoms with Gasteiger partial charge in [0.2, 0.25) is 0 Å². The molecule has 2 aromatic rings. The molecule has 1 aliphatic carbocycles. The Morgan fingerprint density at radius 3 is 2.79 bits per heavy atom. The Bertz CT molecular complexity index is 824. The molecule has 0 saturated heterocycles. The molecule has 3 rings (SSSR count). The lowest BCUT2D eigenvalue weighted by Gasteiger charge is -2.33. The number of aliphatic carboxylic acids is 1. The number of carboxylic acids is 1. The maximum atomic E-state index is 12.7. The molecule has 2 unspecified atom stereocenters. The van der Waals surface area contributed by atoms with E-state index in [1.54, 1.807) is 6.07 Å². The largest absolute Gasteiger partial charge is 0.481 e. The fourth-order valence-corrected chi connectivity index (χ4v) is 5.15. The molecule has 1 aliphatic rings. The van der Waals surface area contributed by atoms with E-state index in [0.29, 0.717) is 35.4 Å². The SMILES string of the molecule is CNC1CC(CCCc2ncnc3sc(CC(F)(F)F)cc23)C[C@H](C(=O)O)C1. The monoisotopic (exact) mass is 415 g/mol. The summed E-state index contributed by atoms with van der Waals surface area (Å²) in [6.45, 7) is 0. The van der Waals surface area contributed by atoms with Gasteiger partial charge in [0.15, 0.2) is 0 Å². The molecular weight excluding hydrogens is 391 g/mol. The highest BCUT2D eigenvalue weighted by atomic mass is 32.1. The van der Waals surface area contributed by atoms with E-state index in [-0.39, 0.29) is 16.8 Å². The number of thiophene rings is 1. The summed E-state index contributed by atoms with van der Waals surface area (Å²) in [6.07, 6.45) is 0.873. The van der Waals surface area contributed by atoms with Gasteiger partial charge in [-0.05, 0) is 57.6 Å². The van der Waals surface area contributed by atoms with Crippen molar-refractivity contribution in [2.45, 2.75) is 57.2 Å². The minimum atomic E-state index is -4.24. The molecule has 2 N–H and O–H groups in total. The van der Waals surface area contributed by atoms with Gasteiger partial charge in [0.1, 0.15) is 11.2 Å². The number of halogens is 3. The third-order valence-electron chi connectivity index (χ3n) is 5.43. The molecule has 0 radical (unpaired) electrons. The molecule has 9 heteroatoms. The van der Waals surface area contributed by atoms with Crippen LogP contribution in [0.3, 0.4) is 0 Å². The van der Waals surface area contributed by atoms with Crippen molar-refractivity contribution in [2.75, 3.05) is 7.05 Å². The minimum Gasteiger partial charge on any atom is -0.481 e. The van der Waals surface area contributed by atoms with Crippen molar-refractivity contribution in [1.82, 2.24) is 15.3 Å². The second-order valence-electron chi connectivity index (χ2n) is 7.53. The average molecular weight is 415 g/mol. The standard InChI is InChI=1S/C19H24F3N3O2S/c1-23-13-6-11(5-12(7-13)18(26)27)3-2-4-16-15-8-14(9-19(20,21)22)28-17(15)25-10-24-16/h8,10-13,23H,2-7,9H2,1H3,(H,26,27)/t11?,12-,13?/m0/s1. The number of alkyl halides is 3. The van der Waals surface area contributed by atoms with Crippen LogP contribution in [0, 0.1) is 11.8 Å². The second kappa shape index (κ2) is 8.73.